The topological polar surface area (TPSA) is 35.6 Å². The van der Waals surface area contributed by atoms with Crippen LogP contribution in [-0.2, 0) is 0 Å². The summed E-state index contributed by atoms with van der Waals surface area (Å²) in [7, 11) is 4.05. The molecule has 1 aromatic rings. The van der Waals surface area contributed by atoms with Crippen molar-refractivity contribution in [2.75, 3.05) is 24.3 Å². The van der Waals surface area contributed by atoms with Gasteiger partial charge in [0, 0.05) is 37.1 Å². The van der Waals surface area contributed by atoms with E-state index in [2.05, 4.69) is 34.2 Å². The van der Waals surface area contributed by atoms with E-state index in [9.17, 15) is 4.79 Å². The van der Waals surface area contributed by atoms with Gasteiger partial charge in [-0.05, 0) is 56.9 Å². The number of amides is 2. The Kier molecular flexibility index (Phi) is 5.55. The zero-order valence-corrected chi connectivity index (χ0v) is 16.1. The second kappa shape index (κ2) is 7.67. The maximum absolute atomic E-state index is 13.2. The lowest BCUT2D eigenvalue weighted by Gasteiger charge is -2.47. The summed E-state index contributed by atoms with van der Waals surface area (Å²) >= 11 is 0. The molecule has 0 unspecified atom stereocenters. The van der Waals surface area contributed by atoms with Crippen molar-refractivity contribution in [1.29, 1.82) is 0 Å². The molecule has 3 rings (SSSR count). The first-order valence-electron chi connectivity index (χ1n) is 9.87. The molecule has 0 aromatic heterocycles. The van der Waals surface area contributed by atoms with Crippen molar-refractivity contribution in [3.63, 3.8) is 0 Å². The van der Waals surface area contributed by atoms with Crippen LogP contribution in [-0.4, -0.2) is 36.6 Å². The number of hydrogen-bond donors (Lipinski definition) is 1. The predicted molar refractivity (Wildman–Crippen MR) is 105 cm³/mol. The number of hydrogen-bond acceptors (Lipinski definition) is 2. The van der Waals surface area contributed by atoms with Crippen molar-refractivity contribution in [1.82, 2.24) is 4.90 Å². The van der Waals surface area contributed by atoms with Crippen LogP contribution < -0.4 is 10.2 Å². The van der Waals surface area contributed by atoms with Gasteiger partial charge in [-0.15, -0.1) is 0 Å². The van der Waals surface area contributed by atoms with Gasteiger partial charge in [0.05, 0.1) is 0 Å². The van der Waals surface area contributed by atoms with E-state index in [4.69, 9.17) is 0 Å². The highest BCUT2D eigenvalue weighted by atomic mass is 16.2. The fraction of sp³-hybridized carbons (Fsp3) is 0.667. The molecule has 0 radical (unpaired) electrons. The van der Waals surface area contributed by atoms with Crippen LogP contribution in [0.1, 0.15) is 64.7 Å². The van der Waals surface area contributed by atoms with Gasteiger partial charge in [-0.1, -0.05) is 32.1 Å². The third kappa shape index (κ3) is 4.10. The first kappa shape index (κ1) is 18.1. The normalized spacial score (nSPS) is 20.3. The average molecular weight is 344 g/mol. The molecule has 0 spiro atoms. The Bertz CT molecular complexity index is 569. The molecule has 4 nitrogen and oxygen atoms in total. The molecule has 2 fully saturated rings. The molecule has 25 heavy (non-hydrogen) atoms. The van der Waals surface area contributed by atoms with Crippen molar-refractivity contribution in [2.45, 2.75) is 76.3 Å². The van der Waals surface area contributed by atoms with E-state index in [1.54, 1.807) is 0 Å². The maximum atomic E-state index is 13.2. The Morgan fingerprint density at radius 1 is 1.00 bits per heavy atom. The van der Waals surface area contributed by atoms with Crippen LogP contribution >= 0.6 is 0 Å². The third-order valence-corrected chi connectivity index (χ3v) is 6.06. The Morgan fingerprint density at radius 2 is 1.60 bits per heavy atom. The Labute approximate surface area is 152 Å². The van der Waals surface area contributed by atoms with E-state index in [0.717, 1.165) is 37.1 Å². The molecule has 2 aliphatic carbocycles. The van der Waals surface area contributed by atoms with Crippen LogP contribution in [0, 0.1) is 0 Å². The highest BCUT2D eigenvalue weighted by molar-refractivity contribution is 5.90. The number of anilines is 2. The molecule has 0 heterocycles. The minimum Gasteiger partial charge on any atom is -0.378 e. The molecular formula is C21H33N3O. The summed E-state index contributed by atoms with van der Waals surface area (Å²) in [6.07, 6.45) is 10.9. The number of carbonyl (C=O) groups is 1. The van der Waals surface area contributed by atoms with Crippen molar-refractivity contribution in [3.05, 3.63) is 24.3 Å². The summed E-state index contributed by atoms with van der Waals surface area (Å²) < 4.78 is 0. The predicted octanol–water partition coefficient (Wildman–Crippen LogP) is 5.25. The molecule has 1 N–H and O–H groups in total. The van der Waals surface area contributed by atoms with E-state index in [-0.39, 0.29) is 11.6 Å². The van der Waals surface area contributed by atoms with Crippen LogP contribution in [0.3, 0.4) is 0 Å². The summed E-state index contributed by atoms with van der Waals surface area (Å²) in [5.41, 5.74) is 2.05. The van der Waals surface area contributed by atoms with Gasteiger partial charge in [0.15, 0.2) is 0 Å². The second-order valence-electron chi connectivity index (χ2n) is 8.24. The highest BCUT2D eigenvalue weighted by Crippen LogP contribution is 2.38. The van der Waals surface area contributed by atoms with Gasteiger partial charge in [0.1, 0.15) is 0 Å². The number of benzene rings is 1. The minimum absolute atomic E-state index is 0.0148. The summed E-state index contributed by atoms with van der Waals surface area (Å²) in [5.74, 6) is 0. The molecule has 0 atom stereocenters. The fourth-order valence-electron chi connectivity index (χ4n) is 4.60. The lowest BCUT2D eigenvalue weighted by atomic mass is 9.81. The number of nitrogens with zero attached hydrogens (tertiary/aromatic N) is 2. The molecule has 1 aromatic carbocycles. The quantitative estimate of drug-likeness (QED) is 0.810. The molecule has 2 aliphatic rings. The molecule has 0 saturated heterocycles. The summed E-state index contributed by atoms with van der Waals surface area (Å²) in [6.45, 7) is 2.30. The van der Waals surface area contributed by atoms with Gasteiger partial charge in [0.2, 0.25) is 0 Å². The van der Waals surface area contributed by atoms with Crippen molar-refractivity contribution < 1.29 is 4.79 Å². The zero-order valence-electron chi connectivity index (χ0n) is 16.1. The number of urea groups is 1. The van der Waals surface area contributed by atoms with Crippen molar-refractivity contribution >= 4 is 17.4 Å². The number of nitrogens with one attached hydrogen (secondary N) is 1. The molecule has 138 valence electrons. The Morgan fingerprint density at radius 3 is 2.16 bits per heavy atom. The number of carbonyl (C=O) groups excluding carboxylic acids is 1. The molecule has 4 heteroatoms. The van der Waals surface area contributed by atoms with E-state index in [0.29, 0.717) is 6.04 Å². The third-order valence-electron chi connectivity index (χ3n) is 6.06. The van der Waals surface area contributed by atoms with Crippen LogP contribution in [0.5, 0.6) is 0 Å². The molecular weight excluding hydrogens is 310 g/mol. The monoisotopic (exact) mass is 343 g/mol. The smallest absolute Gasteiger partial charge is 0.322 e. The second-order valence-corrected chi connectivity index (χ2v) is 8.24. The van der Waals surface area contributed by atoms with E-state index in [1.165, 1.54) is 32.1 Å². The Balaban J connectivity index is 1.76. The molecule has 0 bridgehead atoms. The minimum atomic E-state index is 0.0148. The SMILES string of the molecule is CN(C)c1ccc(NC(=O)N(C2CCCC2)C2(C)CCCCC2)cc1. The van der Waals surface area contributed by atoms with E-state index in [1.807, 2.05) is 26.2 Å². The zero-order chi connectivity index (χ0) is 17.9. The summed E-state index contributed by atoms with van der Waals surface area (Å²) in [4.78, 5) is 17.5. The molecule has 2 amide bonds. The van der Waals surface area contributed by atoms with Crippen LogP contribution in [0.2, 0.25) is 0 Å². The van der Waals surface area contributed by atoms with Crippen molar-refractivity contribution in [2.24, 2.45) is 0 Å². The van der Waals surface area contributed by atoms with Gasteiger partial charge in [-0.2, -0.15) is 0 Å². The highest BCUT2D eigenvalue weighted by Gasteiger charge is 2.41. The van der Waals surface area contributed by atoms with Crippen molar-refractivity contribution in [3.8, 4) is 0 Å². The summed E-state index contributed by atoms with van der Waals surface area (Å²) in [6, 6.07) is 8.61. The van der Waals surface area contributed by atoms with Gasteiger partial charge >= 0.3 is 6.03 Å². The standard InChI is InChI=1S/C21H33N3O/c1-21(15-7-4-8-16-21)24(19-9-5-6-10-19)20(25)22-17-11-13-18(14-12-17)23(2)3/h11-14,19H,4-10,15-16H2,1-3H3,(H,22,25). The van der Waals surface area contributed by atoms with Gasteiger partial charge in [0.25, 0.3) is 0 Å². The lowest BCUT2D eigenvalue weighted by Crippen LogP contribution is -2.56. The largest absolute Gasteiger partial charge is 0.378 e. The van der Waals surface area contributed by atoms with Gasteiger partial charge in [-0.25, -0.2) is 4.79 Å². The van der Waals surface area contributed by atoms with Crippen LogP contribution in [0.15, 0.2) is 24.3 Å². The van der Waals surface area contributed by atoms with E-state index >= 15 is 0 Å². The van der Waals surface area contributed by atoms with E-state index < -0.39 is 0 Å². The van der Waals surface area contributed by atoms with Gasteiger partial charge < -0.3 is 15.1 Å². The lowest BCUT2D eigenvalue weighted by molar-refractivity contribution is 0.0672. The maximum Gasteiger partial charge on any atom is 0.322 e. The fourth-order valence-corrected chi connectivity index (χ4v) is 4.60. The number of rotatable bonds is 4. The average Bonchev–Trinajstić information content (AvgIpc) is 3.09. The first-order chi connectivity index (χ1) is 12.0. The van der Waals surface area contributed by atoms with Crippen LogP contribution in [0.25, 0.3) is 0 Å². The van der Waals surface area contributed by atoms with Crippen LogP contribution in [0.4, 0.5) is 16.2 Å². The molecule has 2 saturated carbocycles. The Hall–Kier alpha value is -1.71. The molecule has 0 aliphatic heterocycles. The first-order valence-corrected chi connectivity index (χ1v) is 9.87. The summed E-state index contributed by atoms with van der Waals surface area (Å²) in [5, 5.41) is 3.18. The van der Waals surface area contributed by atoms with Gasteiger partial charge in [-0.3, -0.25) is 0 Å².